The summed E-state index contributed by atoms with van der Waals surface area (Å²) in [6, 6.07) is 17.8. The molecule has 0 atom stereocenters. The molecule has 0 saturated heterocycles. The first kappa shape index (κ1) is 18.2. The van der Waals surface area contributed by atoms with Gasteiger partial charge in [-0.15, -0.1) is 0 Å². The Morgan fingerprint density at radius 1 is 1.00 bits per heavy atom. The summed E-state index contributed by atoms with van der Waals surface area (Å²) in [5.74, 6) is 2.34. The highest BCUT2D eigenvalue weighted by molar-refractivity contribution is 9.10. The highest BCUT2D eigenvalue weighted by atomic mass is 79.9. The zero-order chi connectivity index (χ0) is 19.5. The van der Waals surface area contributed by atoms with Crippen LogP contribution in [-0.4, -0.2) is 29.1 Å². The van der Waals surface area contributed by atoms with Crippen molar-refractivity contribution in [2.45, 2.75) is 0 Å². The second kappa shape index (κ2) is 7.82. The molecule has 0 bridgehead atoms. The summed E-state index contributed by atoms with van der Waals surface area (Å²) in [5.41, 5.74) is 2.72. The van der Waals surface area contributed by atoms with Crippen LogP contribution in [0.1, 0.15) is 0 Å². The topological polar surface area (TPSA) is 63.2 Å². The number of aromatic nitrogens is 3. The fourth-order valence-corrected chi connectivity index (χ4v) is 3.27. The smallest absolute Gasteiger partial charge is 0.141 e. The molecule has 0 unspecified atom stereocenters. The summed E-state index contributed by atoms with van der Waals surface area (Å²) < 4.78 is 6.23. The van der Waals surface area contributed by atoms with Crippen molar-refractivity contribution in [3.05, 3.63) is 71.6 Å². The Hall–Kier alpha value is -3.19. The van der Waals surface area contributed by atoms with Gasteiger partial charge in [0.05, 0.1) is 18.8 Å². The summed E-state index contributed by atoms with van der Waals surface area (Å²) in [4.78, 5) is 15.3. The molecular formula is C21H18BrN5O. The van der Waals surface area contributed by atoms with E-state index in [9.17, 15) is 0 Å². The van der Waals surface area contributed by atoms with E-state index >= 15 is 0 Å². The number of nitrogens with one attached hydrogen (secondary N) is 1. The Morgan fingerprint density at radius 3 is 2.57 bits per heavy atom. The van der Waals surface area contributed by atoms with Crippen LogP contribution < -0.4 is 15.0 Å². The molecule has 0 spiro atoms. The van der Waals surface area contributed by atoms with E-state index in [0.29, 0.717) is 0 Å². The van der Waals surface area contributed by atoms with Gasteiger partial charge in [0.1, 0.15) is 23.7 Å². The molecule has 1 N–H and O–H groups in total. The lowest BCUT2D eigenvalue weighted by Crippen LogP contribution is -2.11. The average molecular weight is 436 g/mol. The molecule has 0 radical (unpaired) electrons. The Labute approximate surface area is 171 Å². The van der Waals surface area contributed by atoms with Crippen LogP contribution in [0.25, 0.3) is 10.9 Å². The monoisotopic (exact) mass is 435 g/mol. The third-order valence-corrected chi connectivity index (χ3v) is 4.89. The van der Waals surface area contributed by atoms with Gasteiger partial charge >= 0.3 is 0 Å². The first-order valence-corrected chi connectivity index (χ1v) is 9.44. The minimum absolute atomic E-state index is 0.731. The Bertz CT molecular complexity index is 1120. The highest BCUT2D eigenvalue weighted by Gasteiger charge is 2.11. The average Bonchev–Trinajstić information content (AvgIpc) is 2.73. The van der Waals surface area contributed by atoms with Crippen molar-refractivity contribution < 1.29 is 4.74 Å². The third kappa shape index (κ3) is 3.75. The summed E-state index contributed by atoms with van der Waals surface area (Å²) in [5, 5.41) is 4.26. The number of fused-ring (bicyclic) bond motifs is 1. The molecular weight excluding hydrogens is 418 g/mol. The maximum atomic E-state index is 5.23. The van der Waals surface area contributed by atoms with E-state index in [-0.39, 0.29) is 0 Å². The first-order chi connectivity index (χ1) is 13.6. The van der Waals surface area contributed by atoms with Gasteiger partial charge in [-0.05, 0) is 48.5 Å². The van der Waals surface area contributed by atoms with Crippen LogP contribution in [0.4, 0.5) is 23.0 Å². The summed E-state index contributed by atoms with van der Waals surface area (Å²) in [6.45, 7) is 0. The number of rotatable bonds is 5. The molecule has 2 aromatic heterocycles. The minimum Gasteiger partial charge on any atom is -0.497 e. The summed E-state index contributed by atoms with van der Waals surface area (Å²) in [6.07, 6.45) is 3.30. The Morgan fingerprint density at radius 2 is 1.82 bits per heavy atom. The molecule has 6 nitrogen and oxygen atoms in total. The predicted octanol–water partition coefficient (Wildman–Crippen LogP) is 5.31. The van der Waals surface area contributed by atoms with Gasteiger partial charge in [-0.1, -0.05) is 22.0 Å². The molecule has 0 saturated carbocycles. The zero-order valence-electron chi connectivity index (χ0n) is 15.4. The lowest BCUT2D eigenvalue weighted by atomic mass is 10.2. The number of methoxy groups -OCH3 is 1. The molecule has 2 heterocycles. The Kier molecular flexibility index (Phi) is 5.08. The van der Waals surface area contributed by atoms with Gasteiger partial charge in [0.2, 0.25) is 0 Å². The second-order valence-electron chi connectivity index (χ2n) is 6.17. The van der Waals surface area contributed by atoms with E-state index in [1.165, 1.54) is 6.33 Å². The van der Waals surface area contributed by atoms with E-state index < -0.39 is 0 Å². The van der Waals surface area contributed by atoms with Crippen molar-refractivity contribution in [1.82, 2.24) is 15.0 Å². The third-order valence-electron chi connectivity index (χ3n) is 4.40. The zero-order valence-corrected chi connectivity index (χ0v) is 17.0. The molecule has 7 heteroatoms. The number of pyridine rings is 1. The van der Waals surface area contributed by atoms with Gasteiger partial charge in [-0.3, -0.25) is 0 Å². The number of hydrogen-bond donors (Lipinski definition) is 1. The van der Waals surface area contributed by atoms with E-state index in [4.69, 9.17) is 4.74 Å². The molecule has 4 rings (SSSR count). The number of hydrogen-bond acceptors (Lipinski definition) is 6. The van der Waals surface area contributed by atoms with Crippen molar-refractivity contribution in [2.75, 3.05) is 24.4 Å². The van der Waals surface area contributed by atoms with Crippen molar-refractivity contribution in [1.29, 1.82) is 0 Å². The van der Waals surface area contributed by atoms with Gasteiger partial charge in [0.25, 0.3) is 0 Å². The van der Waals surface area contributed by atoms with E-state index in [1.807, 2.05) is 66.5 Å². The van der Waals surface area contributed by atoms with Crippen LogP contribution in [-0.2, 0) is 0 Å². The largest absolute Gasteiger partial charge is 0.497 e. The SMILES string of the molecule is COc1ccc(N(C)c2cc3c(Nc4cccc(Br)c4)ncnc3cn2)cc1. The molecule has 0 aliphatic carbocycles. The Balaban J connectivity index is 1.70. The van der Waals surface area contributed by atoms with E-state index in [0.717, 1.165) is 44.1 Å². The fraction of sp³-hybridized carbons (Fsp3) is 0.0952. The van der Waals surface area contributed by atoms with Crippen LogP contribution in [0, 0.1) is 0 Å². The predicted molar refractivity (Wildman–Crippen MR) is 116 cm³/mol. The lowest BCUT2D eigenvalue weighted by molar-refractivity contribution is 0.415. The summed E-state index contributed by atoms with van der Waals surface area (Å²) >= 11 is 3.49. The minimum atomic E-state index is 0.731. The second-order valence-corrected chi connectivity index (χ2v) is 7.09. The van der Waals surface area contributed by atoms with Crippen LogP contribution in [0.15, 0.2) is 71.6 Å². The number of halogens is 1. The molecule has 28 heavy (non-hydrogen) atoms. The number of benzene rings is 2. The molecule has 4 aromatic rings. The quantitative estimate of drug-likeness (QED) is 0.458. The lowest BCUT2D eigenvalue weighted by Gasteiger charge is -2.19. The molecule has 0 aliphatic heterocycles. The molecule has 0 amide bonds. The van der Waals surface area contributed by atoms with Gasteiger partial charge in [0, 0.05) is 28.3 Å². The van der Waals surface area contributed by atoms with Crippen LogP contribution in [0.2, 0.25) is 0 Å². The standard InChI is InChI=1S/C21H18BrN5O/c1-27(16-6-8-17(28-2)9-7-16)20-11-18-19(12-23-20)24-13-25-21(18)26-15-5-3-4-14(22)10-15/h3-13H,1-2H3,(H,24,25,26). The highest BCUT2D eigenvalue weighted by Crippen LogP contribution is 2.29. The molecule has 140 valence electrons. The number of nitrogens with zero attached hydrogens (tertiary/aromatic N) is 4. The van der Waals surface area contributed by atoms with Crippen molar-refractivity contribution in [3.8, 4) is 5.75 Å². The summed E-state index contributed by atoms with van der Waals surface area (Å²) in [7, 11) is 3.63. The maximum absolute atomic E-state index is 5.23. The van der Waals surface area contributed by atoms with E-state index in [1.54, 1.807) is 13.3 Å². The van der Waals surface area contributed by atoms with Crippen LogP contribution >= 0.6 is 15.9 Å². The maximum Gasteiger partial charge on any atom is 0.141 e. The van der Waals surface area contributed by atoms with E-state index in [2.05, 4.69) is 36.2 Å². The van der Waals surface area contributed by atoms with Crippen LogP contribution in [0.5, 0.6) is 5.75 Å². The van der Waals surface area contributed by atoms with Crippen molar-refractivity contribution >= 4 is 49.8 Å². The van der Waals surface area contributed by atoms with Gasteiger partial charge in [-0.2, -0.15) is 0 Å². The van der Waals surface area contributed by atoms with Gasteiger partial charge < -0.3 is 15.0 Å². The molecule has 0 fully saturated rings. The fourth-order valence-electron chi connectivity index (χ4n) is 2.87. The number of anilines is 4. The number of ether oxygens (including phenoxy) is 1. The van der Waals surface area contributed by atoms with Crippen molar-refractivity contribution in [3.63, 3.8) is 0 Å². The van der Waals surface area contributed by atoms with Crippen molar-refractivity contribution in [2.24, 2.45) is 0 Å². The van der Waals surface area contributed by atoms with Gasteiger partial charge in [-0.25, -0.2) is 15.0 Å². The van der Waals surface area contributed by atoms with Gasteiger partial charge in [0.15, 0.2) is 0 Å². The normalized spacial score (nSPS) is 10.7. The molecule has 2 aromatic carbocycles. The first-order valence-electron chi connectivity index (χ1n) is 8.65. The van der Waals surface area contributed by atoms with Crippen LogP contribution in [0.3, 0.4) is 0 Å². The molecule has 0 aliphatic rings.